The maximum absolute atomic E-state index is 15.0. The summed E-state index contributed by atoms with van der Waals surface area (Å²) in [6, 6.07) is 38.0. The quantitative estimate of drug-likeness (QED) is 0.00792. The van der Waals surface area contributed by atoms with Gasteiger partial charge in [-0.2, -0.15) is 0 Å². The summed E-state index contributed by atoms with van der Waals surface area (Å²) in [5.74, 6) is -1.74. The van der Waals surface area contributed by atoms with Crippen molar-refractivity contribution in [2.24, 2.45) is 5.92 Å². The summed E-state index contributed by atoms with van der Waals surface area (Å²) in [5.41, 5.74) is 4.44. The third-order valence-electron chi connectivity index (χ3n) is 16.9. The van der Waals surface area contributed by atoms with E-state index in [2.05, 4.69) is 44.8 Å². The number of rotatable bonds is 28. The average molecular weight is 1300 g/mol. The summed E-state index contributed by atoms with van der Waals surface area (Å²) in [4.78, 5) is 70.6. The van der Waals surface area contributed by atoms with Crippen LogP contribution in [0.5, 0.6) is 17.2 Å². The topological polar surface area (TPSA) is 262 Å². The summed E-state index contributed by atoms with van der Waals surface area (Å²) < 4.78 is 61.4. The standard InChI is InChI=1S/C74H89N7O12S/c1-12-25-60(70(85)91-44-52-29-17-14-18-30-52)80-69(84)59(36-24-41-76-71(75)81-94(87,88)67-49(5)48(4)66-57(50(67)6)42-46(2)74(10,11)92-66)79-68(83)58(35-23-26-47(3)77-72(86)93-73(7,8)9)78-63(82)45-90-62-40-38-54-32-20-22-34-56(54)65(62)64-55-33-21-19-31-53(55)37-39-61(64)89-43-51-27-15-13-16-28-51/h12-22,27-34,37-40,46-47,58-60H,1,23-26,35-36,41-45H2,2-11H3,(H,77,86)(H,78,82)(H,79,83)(H,80,84)(H3,75,76,81)/t46-,47+,58-,59-,60+/m1/s1. The molecule has 0 aliphatic carbocycles. The normalized spacial score (nSPS) is 14.7. The third kappa shape index (κ3) is 18.4. The highest BCUT2D eigenvalue weighted by molar-refractivity contribution is 7.90. The second kappa shape index (κ2) is 31.5. The minimum atomic E-state index is -4.31. The van der Waals surface area contributed by atoms with Crippen molar-refractivity contribution >= 4 is 67.3 Å². The Labute approximate surface area is 552 Å². The van der Waals surface area contributed by atoms with Crippen LogP contribution in [0.4, 0.5) is 4.79 Å². The van der Waals surface area contributed by atoms with Crippen LogP contribution in [-0.4, -0.2) is 92.7 Å². The number of fused-ring (bicyclic) bond motifs is 3. The second-order valence-corrected chi connectivity index (χ2v) is 27.2. The fourth-order valence-corrected chi connectivity index (χ4v) is 13.0. The van der Waals surface area contributed by atoms with E-state index in [1.807, 2.05) is 124 Å². The zero-order valence-corrected chi connectivity index (χ0v) is 56.3. The number of hydrogen-bond acceptors (Lipinski definition) is 13. The van der Waals surface area contributed by atoms with Crippen molar-refractivity contribution < 1.29 is 56.1 Å². The van der Waals surface area contributed by atoms with E-state index in [-0.39, 0.29) is 56.3 Å². The van der Waals surface area contributed by atoms with Crippen LogP contribution < -0.4 is 45.5 Å². The molecule has 7 N–H and O–H groups in total. The minimum Gasteiger partial charge on any atom is -0.488 e. The van der Waals surface area contributed by atoms with Gasteiger partial charge in [-0.25, -0.2) is 22.7 Å². The Morgan fingerprint density at radius 2 is 1.22 bits per heavy atom. The molecule has 0 aromatic heterocycles. The molecule has 1 aliphatic heterocycles. The molecule has 0 fully saturated rings. The van der Waals surface area contributed by atoms with Gasteiger partial charge >= 0.3 is 12.1 Å². The number of sulfonamides is 1. The Kier molecular flexibility index (Phi) is 23.6. The van der Waals surface area contributed by atoms with E-state index < -0.39 is 87.7 Å². The first kappa shape index (κ1) is 70.4. The highest BCUT2D eigenvalue weighted by atomic mass is 32.2. The molecule has 1 aliphatic rings. The minimum absolute atomic E-state index is 0.0265. The maximum Gasteiger partial charge on any atom is 0.407 e. The predicted molar refractivity (Wildman–Crippen MR) is 366 cm³/mol. The van der Waals surface area contributed by atoms with Gasteiger partial charge in [0.15, 0.2) is 6.61 Å². The molecule has 94 heavy (non-hydrogen) atoms. The van der Waals surface area contributed by atoms with Crippen molar-refractivity contribution in [3.63, 3.8) is 0 Å². The monoisotopic (exact) mass is 1300 g/mol. The van der Waals surface area contributed by atoms with E-state index in [0.29, 0.717) is 58.8 Å². The van der Waals surface area contributed by atoms with Gasteiger partial charge in [0.25, 0.3) is 15.9 Å². The Hall–Kier alpha value is -9.43. The number of hydrogen-bond donors (Lipinski definition) is 7. The molecule has 0 bridgehead atoms. The first-order valence-corrected chi connectivity index (χ1v) is 33.4. The summed E-state index contributed by atoms with van der Waals surface area (Å²) >= 11 is 0. The molecular weight excluding hydrogens is 1210 g/mol. The molecular formula is C74H89N7O12S. The van der Waals surface area contributed by atoms with Gasteiger partial charge in [-0.1, -0.05) is 134 Å². The van der Waals surface area contributed by atoms with E-state index in [9.17, 15) is 32.4 Å². The van der Waals surface area contributed by atoms with Gasteiger partial charge in [0, 0.05) is 23.7 Å². The van der Waals surface area contributed by atoms with Crippen LogP contribution in [0.3, 0.4) is 0 Å². The number of amides is 4. The number of carbonyl (C=O) groups excluding carboxylic acids is 5. The lowest BCUT2D eigenvalue weighted by atomic mass is 9.81. The van der Waals surface area contributed by atoms with Crippen molar-refractivity contribution in [1.29, 1.82) is 5.41 Å². The zero-order chi connectivity index (χ0) is 67.9. The second-order valence-electron chi connectivity index (χ2n) is 25.6. The van der Waals surface area contributed by atoms with Gasteiger partial charge < -0.3 is 50.3 Å². The van der Waals surface area contributed by atoms with Gasteiger partial charge in [0.2, 0.25) is 17.8 Å². The SMILES string of the molecule is C=CC[C@H](NC(=O)[C@@H](CCCNC(=N)NS(=O)(=O)c1c(C)c(C)c2c(c1C)C[C@@H](C)C(C)(C)O2)NC(=O)[C@@H](CCC[C@H](C)NC(=O)OC(C)(C)C)NC(=O)COc1ccc2ccccc2c1-c1c(OCc2ccccc2)ccc2ccccc12)C(=O)OCc1ccccc1. The van der Waals surface area contributed by atoms with Gasteiger partial charge in [0.1, 0.15) is 59.8 Å². The summed E-state index contributed by atoms with van der Waals surface area (Å²) in [6.07, 6.45) is 2.06. The smallest absolute Gasteiger partial charge is 0.407 e. The van der Waals surface area contributed by atoms with Crippen molar-refractivity contribution in [3.05, 3.63) is 179 Å². The fourth-order valence-electron chi connectivity index (χ4n) is 11.5. The van der Waals surface area contributed by atoms with Gasteiger partial charge in [-0.05, 0) is 180 Å². The predicted octanol–water partition coefficient (Wildman–Crippen LogP) is 12.0. The fraction of sp³-hybridized carbons (Fsp3) is 0.378. The Bertz CT molecular complexity index is 4000. The van der Waals surface area contributed by atoms with Gasteiger partial charge in [0.05, 0.1) is 4.90 Å². The lowest BCUT2D eigenvalue weighted by Gasteiger charge is -2.40. The van der Waals surface area contributed by atoms with E-state index in [1.165, 1.54) is 6.08 Å². The molecule has 5 atom stereocenters. The highest BCUT2D eigenvalue weighted by Crippen LogP contribution is 2.47. The molecule has 20 heteroatoms. The molecule has 8 rings (SSSR count). The van der Waals surface area contributed by atoms with Crippen molar-refractivity contribution in [3.8, 4) is 28.4 Å². The number of guanidine groups is 1. The van der Waals surface area contributed by atoms with Crippen LogP contribution in [0.1, 0.15) is 120 Å². The van der Waals surface area contributed by atoms with Crippen molar-refractivity contribution in [2.45, 2.75) is 168 Å². The number of esters is 1. The number of ether oxygens (including phenoxy) is 5. The Balaban J connectivity index is 1.04. The van der Waals surface area contributed by atoms with Crippen LogP contribution in [0.15, 0.2) is 151 Å². The largest absolute Gasteiger partial charge is 0.488 e. The molecule has 1 heterocycles. The van der Waals surface area contributed by atoms with Crippen LogP contribution >= 0.6 is 0 Å². The molecule has 0 saturated carbocycles. The maximum atomic E-state index is 15.0. The molecule has 7 aromatic carbocycles. The zero-order valence-electron chi connectivity index (χ0n) is 55.5. The van der Waals surface area contributed by atoms with Crippen LogP contribution in [0, 0.1) is 32.1 Å². The third-order valence-corrected chi connectivity index (χ3v) is 18.5. The Morgan fingerprint density at radius 3 is 1.82 bits per heavy atom. The van der Waals surface area contributed by atoms with Gasteiger partial charge in [-0.3, -0.25) is 19.8 Å². The number of nitrogens with one attached hydrogen (secondary N) is 7. The number of carbonyl (C=O) groups is 5. The lowest BCUT2D eigenvalue weighted by Crippen LogP contribution is -2.56. The van der Waals surface area contributed by atoms with Crippen LogP contribution in [-0.2, 0) is 58.3 Å². The average Bonchev–Trinajstić information content (AvgIpc) is 0.750. The Morgan fingerprint density at radius 1 is 0.681 bits per heavy atom. The molecule has 19 nitrogen and oxygen atoms in total. The van der Waals surface area contributed by atoms with Crippen LogP contribution in [0.25, 0.3) is 32.7 Å². The molecule has 0 unspecified atom stereocenters. The number of alkyl carbamates (subject to hydrolysis) is 1. The molecule has 7 aromatic rings. The summed E-state index contributed by atoms with van der Waals surface area (Å²) in [6.45, 7) is 21.8. The first-order valence-electron chi connectivity index (χ1n) is 31.9. The lowest BCUT2D eigenvalue weighted by molar-refractivity contribution is -0.149. The first-order chi connectivity index (χ1) is 44.7. The molecule has 498 valence electrons. The van der Waals surface area contributed by atoms with E-state index in [4.69, 9.17) is 29.1 Å². The number of benzene rings is 7. The highest BCUT2D eigenvalue weighted by Gasteiger charge is 2.39. The van der Waals surface area contributed by atoms with E-state index in [0.717, 1.165) is 43.8 Å². The van der Waals surface area contributed by atoms with Crippen LogP contribution in [0.2, 0.25) is 0 Å². The van der Waals surface area contributed by atoms with E-state index in [1.54, 1.807) is 71.9 Å². The summed E-state index contributed by atoms with van der Waals surface area (Å²) in [5, 5.41) is 26.5. The van der Waals surface area contributed by atoms with Gasteiger partial charge in [-0.15, -0.1) is 6.58 Å². The molecule has 4 amide bonds. The van der Waals surface area contributed by atoms with E-state index >= 15 is 0 Å². The molecule has 0 radical (unpaired) electrons. The van der Waals surface area contributed by atoms with Crippen molar-refractivity contribution in [2.75, 3.05) is 13.2 Å². The van der Waals surface area contributed by atoms with Crippen molar-refractivity contribution in [1.82, 2.24) is 31.3 Å². The molecule has 0 saturated heterocycles. The summed E-state index contributed by atoms with van der Waals surface area (Å²) in [7, 11) is -4.31. The molecule has 0 spiro atoms.